The molecule has 162 valence electrons. The molecular formula is C22H30N4O4. The highest BCUT2D eigenvalue weighted by Crippen LogP contribution is 2.70. The van der Waals surface area contributed by atoms with Crippen LogP contribution in [0.4, 0.5) is 0 Å². The van der Waals surface area contributed by atoms with E-state index < -0.39 is 11.8 Å². The number of β-amino-alcohol motifs (C(OH)–C–C–N with tert-alkyl or cyclic N) is 1. The molecule has 3 fully saturated rings. The first-order valence-electron chi connectivity index (χ1n) is 10.8. The van der Waals surface area contributed by atoms with E-state index in [1.807, 2.05) is 0 Å². The second-order valence-corrected chi connectivity index (χ2v) is 9.28. The summed E-state index contributed by atoms with van der Waals surface area (Å²) in [6, 6.07) is 7.36. The normalized spacial score (nSPS) is 30.6. The van der Waals surface area contributed by atoms with E-state index >= 15 is 0 Å². The summed E-state index contributed by atoms with van der Waals surface area (Å²) in [5.41, 5.74) is 3.84. The van der Waals surface area contributed by atoms with Gasteiger partial charge in [-0.1, -0.05) is 18.2 Å². The Hall–Kier alpha value is -2.00. The van der Waals surface area contributed by atoms with Gasteiger partial charge in [-0.3, -0.25) is 9.88 Å². The number of aryl methyl sites for hydroxylation is 2. The van der Waals surface area contributed by atoms with E-state index in [1.54, 1.807) is 0 Å². The molecule has 2 saturated carbocycles. The first-order valence-corrected chi connectivity index (χ1v) is 10.8. The highest BCUT2D eigenvalue weighted by Gasteiger charge is 2.75. The van der Waals surface area contributed by atoms with Gasteiger partial charge in [0.2, 0.25) is 0 Å². The lowest BCUT2D eigenvalue weighted by molar-refractivity contribution is -0.0112. The molecule has 8 heteroatoms. The molecule has 1 aromatic carbocycles. The molecule has 1 saturated heterocycles. The quantitative estimate of drug-likeness (QED) is 0.592. The van der Waals surface area contributed by atoms with Crippen LogP contribution in [0.5, 0.6) is 0 Å². The van der Waals surface area contributed by atoms with Crippen LogP contribution in [-0.2, 0) is 24.5 Å². The Balaban J connectivity index is 1.16. The number of aromatic nitrogens is 3. The molecule has 1 spiro atoms. The van der Waals surface area contributed by atoms with Gasteiger partial charge in [-0.2, -0.15) is 5.10 Å². The number of ether oxygens (including phenoxy) is 1. The number of nitrogens with one attached hydrogen (secondary N) is 1. The molecule has 3 aliphatic rings. The lowest BCUT2D eigenvalue weighted by Crippen LogP contribution is -2.56. The van der Waals surface area contributed by atoms with Gasteiger partial charge in [-0.05, 0) is 49.8 Å². The molecule has 2 aliphatic carbocycles. The zero-order valence-corrected chi connectivity index (χ0v) is 17.5. The second-order valence-electron chi connectivity index (χ2n) is 9.28. The summed E-state index contributed by atoms with van der Waals surface area (Å²) in [5, 5.41) is 23.6. The Morgan fingerprint density at radius 1 is 1.27 bits per heavy atom. The SMILES string of the molecule is Cc1cccc(C)c1COC1CC2N(CC(O)Cn3nc(CO)[nH]c3=O)C3CC23C1. The number of H-pyrrole nitrogens is 1. The second kappa shape index (κ2) is 7.30. The monoisotopic (exact) mass is 414 g/mol. The standard InChI is InChI=1S/C22H30N4O4/c1-13-4-3-5-14(2)17(13)12-30-16-6-18-22(7-16)8-19(22)25(18)9-15(28)10-26-21(29)23-20(11-27)24-26/h3-5,15-16,18-19,27-28H,6-12H2,1-2H3,(H,23,24,29). The third-order valence-electron chi connectivity index (χ3n) is 7.42. The average molecular weight is 415 g/mol. The Morgan fingerprint density at radius 3 is 2.73 bits per heavy atom. The van der Waals surface area contributed by atoms with E-state index in [4.69, 9.17) is 9.84 Å². The minimum absolute atomic E-state index is 0.130. The number of benzene rings is 1. The van der Waals surface area contributed by atoms with Crippen molar-refractivity contribution in [3.63, 3.8) is 0 Å². The number of aliphatic hydroxyl groups is 2. The molecular weight excluding hydrogens is 384 g/mol. The Morgan fingerprint density at radius 2 is 2.03 bits per heavy atom. The largest absolute Gasteiger partial charge is 0.390 e. The van der Waals surface area contributed by atoms with Crippen molar-refractivity contribution < 1.29 is 14.9 Å². The highest BCUT2D eigenvalue weighted by molar-refractivity contribution is 5.33. The number of hydrogen-bond donors (Lipinski definition) is 3. The van der Waals surface area contributed by atoms with Crippen molar-refractivity contribution >= 4 is 0 Å². The Bertz CT molecular complexity index is 981. The van der Waals surface area contributed by atoms with Crippen LogP contribution in [0.3, 0.4) is 0 Å². The molecule has 5 rings (SSSR count). The summed E-state index contributed by atoms with van der Waals surface area (Å²) >= 11 is 0. The number of aliphatic hydroxyl groups excluding tert-OH is 2. The van der Waals surface area contributed by atoms with E-state index in [0.29, 0.717) is 30.7 Å². The Labute approximate surface area is 175 Å². The van der Waals surface area contributed by atoms with E-state index in [0.717, 1.165) is 12.8 Å². The van der Waals surface area contributed by atoms with Crippen molar-refractivity contribution in [2.24, 2.45) is 5.41 Å². The third kappa shape index (κ3) is 3.22. The highest BCUT2D eigenvalue weighted by atomic mass is 16.5. The van der Waals surface area contributed by atoms with Crippen molar-refractivity contribution in [3.8, 4) is 0 Å². The van der Waals surface area contributed by atoms with Gasteiger partial charge in [0.25, 0.3) is 0 Å². The van der Waals surface area contributed by atoms with Crippen LogP contribution < -0.4 is 5.69 Å². The fourth-order valence-electron chi connectivity index (χ4n) is 5.81. The number of aromatic amines is 1. The van der Waals surface area contributed by atoms with Crippen LogP contribution in [0.1, 0.15) is 41.8 Å². The summed E-state index contributed by atoms with van der Waals surface area (Å²) in [7, 11) is 0. The number of hydrogen-bond acceptors (Lipinski definition) is 6. The van der Waals surface area contributed by atoms with Crippen molar-refractivity contribution in [1.82, 2.24) is 19.7 Å². The van der Waals surface area contributed by atoms with Gasteiger partial charge in [0.1, 0.15) is 6.61 Å². The lowest BCUT2D eigenvalue weighted by Gasteiger charge is -2.44. The molecule has 0 radical (unpaired) electrons. The maximum atomic E-state index is 11.8. The molecule has 8 nitrogen and oxygen atoms in total. The van der Waals surface area contributed by atoms with Gasteiger partial charge in [0.15, 0.2) is 5.82 Å². The van der Waals surface area contributed by atoms with Crippen molar-refractivity contribution in [2.75, 3.05) is 6.54 Å². The topological polar surface area (TPSA) is 104 Å². The smallest absolute Gasteiger partial charge is 0.343 e. The molecule has 30 heavy (non-hydrogen) atoms. The predicted octanol–water partition coefficient (Wildman–Crippen LogP) is 0.864. The summed E-state index contributed by atoms with van der Waals surface area (Å²) < 4.78 is 7.53. The first kappa shape index (κ1) is 19.9. The van der Waals surface area contributed by atoms with Crippen LogP contribution in [0.15, 0.2) is 23.0 Å². The fourth-order valence-corrected chi connectivity index (χ4v) is 5.81. The molecule has 2 heterocycles. The van der Waals surface area contributed by atoms with Crippen molar-refractivity contribution in [3.05, 3.63) is 51.2 Å². The van der Waals surface area contributed by atoms with Gasteiger partial charge in [0, 0.05) is 24.0 Å². The summed E-state index contributed by atoms with van der Waals surface area (Å²) in [6.45, 7) is 5.28. The molecule has 0 bridgehead atoms. The molecule has 1 aromatic heterocycles. The molecule has 5 unspecified atom stereocenters. The van der Waals surface area contributed by atoms with Crippen LogP contribution in [-0.4, -0.2) is 60.7 Å². The maximum Gasteiger partial charge on any atom is 0.343 e. The van der Waals surface area contributed by atoms with Gasteiger partial charge in [0.05, 0.1) is 25.4 Å². The third-order valence-corrected chi connectivity index (χ3v) is 7.42. The van der Waals surface area contributed by atoms with Crippen LogP contribution in [0.2, 0.25) is 0 Å². The molecule has 3 N–H and O–H groups in total. The predicted molar refractivity (Wildman–Crippen MR) is 110 cm³/mol. The lowest BCUT2D eigenvalue weighted by atomic mass is 9.89. The summed E-state index contributed by atoms with van der Waals surface area (Å²) in [4.78, 5) is 16.7. The van der Waals surface area contributed by atoms with Crippen LogP contribution in [0.25, 0.3) is 0 Å². The molecule has 0 amide bonds. The average Bonchev–Trinajstić information content (AvgIpc) is 3.02. The van der Waals surface area contributed by atoms with Crippen molar-refractivity contribution in [1.29, 1.82) is 0 Å². The van der Waals surface area contributed by atoms with E-state index in [1.165, 1.54) is 27.8 Å². The molecule has 5 atom stereocenters. The van der Waals surface area contributed by atoms with Crippen LogP contribution in [0, 0.1) is 19.3 Å². The maximum absolute atomic E-state index is 11.8. The van der Waals surface area contributed by atoms with Crippen molar-refractivity contribution in [2.45, 2.75) is 77.2 Å². The number of nitrogens with zero attached hydrogens (tertiary/aromatic N) is 3. The number of rotatable bonds is 8. The summed E-state index contributed by atoms with van der Waals surface area (Å²) in [6.07, 6.45) is 2.89. The molecule has 2 aromatic rings. The zero-order valence-electron chi connectivity index (χ0n) is 17.5. The van der Waals surface area contributed by atoms with Gasteiger partial charge >= 0.3 is 5.69 Å². The number of likely N-dealkylation sites (tertiary alicyclic amines) is 1. The van der Waals surface area contributed by atoms with Gasteiger partial charge in [-0.25, -0.2) is 9.48 Å². The first-order chi connectivity index (χ1) is 14.4. The van der Waals surface area contributed by atoms with Gasteiger partial charge < -0.3 is 14.9 Å². The van der Waals surface area contributed by atoms with Crippen LogP contribution >= 0.6 is 0 Å². The van der Waals surface area contributed by atoms with E-state index in [9.17, 15) is 9.90 Å². The Kier molecular flexibility index (Phi) is 4.85. The van der Waals surface area contributed by atoms with E-state index in [-0.39, 0.29) is 25.1 Å². The van der Waals surface area contributed by atoms with Gasteiger partial charge in [-0.15, -0.1) is 0 Å². The fraction of sp³-hybridized carbons (Fsp3) is 0.636. The van der Waals surface area contributed by atoms with E-state index in [2.05, 4.69) is 47.0 Å². The molecule has 1 aliphatic heterocycles. The zero-order chi connectivity index (χ0) is 21.0. The minimum atomic E-state index is -0.675. The minimum Gasteiger partial charge on any atom is -0.390 e. The summed E-state index contributed by atoms with van der Waals surface area (Å²) in [5.74, 6) is 0.219.